The fraction of sp³-hybridized carbons (Fsp3) is 0.182. The van der Waals surface area contributed by atoms with E-state index in [0.717, 1.165) is 32.1 Å². The van der Waals surface area contributed by atoms with Crippen molar-refractivity contribution < 1.29 is 27.5 Å². The quantitative estimate of drug-likeness (QED) is 0.100. The fourth-order valence-corrected chi connectivity index (χ4v) is 9.74. The number of aryl methyl sites for hydroxylation is 3. The Morgan fingerprint density at radius 2 is 1.73 bits per heavy atom. The molecule has 0 bridgehead atoms. The molecule has 1 aliphatic heterocycles. The second-order valence-corrected chi connectivity index (χ2v) is 17.3. The lowest BCUT2D eigenvalue weighted by Crippen LogP contribution is -2.23. The van der Waals surface area contributed by atoms with Gasteiger partial charge >= 0.3 is 5.97 Å². The van der Waals surface area contributed by atoms with Crippen LogP contribution in [0.4, 0.5) is 10.1 Å². The molecule has 0 aliphatic carbocycles. The second kappa shape index (κ2) is 15.7. The number of aliphatic carboxylic acids is 1. The van der Waals surface area contributed by atoms with Crippen LogP contribution in [-0.2, 0) is 27.8 Å². The summed E-state index contributed by atoms with van der Waals surface area (Å²) in [4.78, 5) is 34.1. The van der Waals surface area contributed by atoms with Crippen LogP contribution < -0.4 is 10.0 Å². The summed E-state index contributed by atoms with van der Waals surface area (Å²) >= 11 is 1.56. The Morgan fingerprint density at radius 1 is 1.00 bits per heavy atom. The van der Waals surface area contributed by atoms with Gasteiger partial charge in [-0.05, 0) is 79.8 Å². The maximum Gasteiger partial charge on any atom is 0.306 e. The van der Waals surface area contributed by atoms with Gasteiger partial charge in [0, 0.05) is 45.3 Å². The SMILES string of the molecule is CCc1ccc(NS(=O)(=O)c2ccc(CNC(=O)c3ccc(-c4ccc(C5=N[C@@H](CC(=O)O)c6nnc(C)n6-c6sc(C)c(C)c65)cc4)c(F)c3)cc2)c2[nH]cc(C#N)c12. The van der Waals surface area contributed by atoms with E-state index in [-0.39, 0.29) is 29.0 Å². The highest BCUT2D eigenvalue weighted by molar-refractivity contribution is 7.92. The number of aromatic amines is 1. The number of benzene rings is 4. The minimum atomic E-state index is -4.00. The largest absolute Gasteiger partial charge is 0.481 e. The summed E-state index contributed by atoms with van der Waals surface area (Å²) in [5.74, 6) is -1.05. The number of hydrogen-bond donors (Lipinski definition) is 4. The van der Waals surface area contributed by atoms with Crippen molar-refractivity contribution in [2.24, 2.45) is 4.99 Å². The molecular weight excluding hydrogens is 804 g/mol. The first-order valence-corrected chi connectivity index (χ1v) is 21.2. The standard InChI is InChI=1S/C44H37FN8O5S2/c1-5-27-13-17-35(41-39(27)31(20-46)22-47-41)52-60(57,58)32-14-6-26(7-15-32)21-48-43(56)30-12-16-33(34(45)18-30)28-8-10-29(11-9-28)40-38-23(2)24(3)59-44(38)53-25(4)50-51-42(53)36(49-40)19-37(54)55/h6-18,22,36,47,52H,5,19,21H2,1-4H3,(H,48,56)(H,54,55)/t36-/m0/s1. The number of carboxylic acid groups (broad SMARTS) is 1. The van der Waals surface area contributed by atoms with Gasteiger partial charge in [0.1, 0.15) is 28.8 Å². The molecule has 302 valence electrons. The van der Waals surface area contributed by atoms with Gasteiger partial charge in [0.25, 0.3) is 15.9 Å². The van der Waals surface area contributed by atoms with Crippen LogP contribution in [0.5, 0.6) is 0 Å². The minimum Gasteiger partial charge on any atom is -0.481 e. The Hall–Kier alpha value is -6.96. The van der Waals surface area contributed by atoms with Crippen molar-refractivity contribution in [1.29, 1.82) is 5.26 Å². The maximum absolute atomic E-state index is 15.7. The first-order chi connectivity index (χ1) is 28.8. The number of sulfonamides is 1. The van der Waals surface area contributed by atoms with E-state index in [2.05, 4.69) is 31.3 Å². The lowest BCUT2D eigenvalue weighted by atomic mass is 9.96. The third-order valence-corrected chi connectivity index (χ3v) is 13.2. The molecule has 1 amide bonds. The average Bonchev–Trinajstić information content (AvgIpc) is 3.90. The molecule has 8 rings (SSSR count). The number of nitrogens with zero attached hydrogens (tertiary/aromatic N) is 5. The number of aromatic nitrogens is 4. The molecule has 0 unspecified atom stereocenters. The van der Waals surface area contributed by atoms with Crippen LogP contribution in [0, 0.1) is 37.9 Å². The van der Waals surface area contributed by atoms with Crippen LogP contribution in [0.25, 0.3) is 27.0 Å². The highest BCUT2D eigenvalue weighted by Gasteiger charge is 2.32. The van der Waals surface area contributed by atoms with E-state index in [1.807, 2.05) is 44.4 Å². The molecule has 4 aromatic carbocycles. The van der Waals surface area contributed by atoms with Gasteiger partial charge in [-0.2, -0.15) is 5.26 Å². The number of hydrogen-bond acceptors (Lipinski definition) is 9. The summed E-state index contributed by atoms with van der Waals surface area (Å²) in [5.41, 5.74) is 6.99. The summed E-state index contributed by atoms with van der Waals surface area (Å²) < 4.78 is 46.8. The molecule has 0 spiro atoms. The number of carboxylic acids is 1. The van der Waals surface area contributed by atoms with Crippen molar-refractivity contribution in [1.82, 2.24) is 25.1 Å². The zero-order valence-electron chi connectivity index (χ0n) is 32.8. The molecule has 0 saturated carbocycles. The molecule has 16 heteroatoms. The maximum atomic E-state index is 15.7. The van der Waals surface area contributed by atoms with E-state index in [0.29, 0.717) is 57.1 Å². The first kappa shape index (κ1) is 39.8. The highest BCUT2D eigenvalue weighted by Crippen LogP contribution is 2.40. The van der Waals surface area contributed by atoms with Crippen molar-refractivity contribution in [2.45, 2.75) is 58.0 Å². The Balaban J connectivity index is 0.958. The molecule has 3 aromatic heterocycles. The topological polar surface area (TPSA) is 195 Å². The molecule has 7 aromatic rings. The summed E-state index contributed by atoms with van der Waals surface area (Å²) in [6, 6.07) is 22.3. The van der Waals surface area contributed by atoms with Gasteiger partial charge in [-0.25, -0.2) is 12.8 Å². The van der Waals surface area contributed by atoms with Gasteiger partial charge in [-0.15, -0.1) is 21.5 Å². The van der Waals surface area contributed by atoms with Crippen molar-refractivity contribution in [2.75, 3.05) is 4.72 Å². The number of halogens is 1. The van der Waals surface area contributed by atoms with E-state index in [4.69, 9.17) is 4.99 Å². The minimum absolute atomic E-state index is 0.00871. The third-order valence-electron chi connectivity index (χ3n) is 10.7. The van der Waals surface area contributed by atoms with Crippen LogP contribution in [0.15, 0.2) is 94.9 Å². The molecule has 13 nitrogen and oxygen atoms in total. The van der Waals surface area contributed by atoms with E-state index in [9.17, 15) is 28.4 Å². The molecule has 1 aliphatic rings. The molecule has 0 saturated heterocycles. The number of thiophene rings is 1. The Bertz CT molecular complexity index is 3050. The molecule has 0 fully saturated rings. The number of nitrogens with one attached hydrogen (secondary N) is 3. The molecule has 60 heavy (non-hydrogen) atoms. The van der Waals surface area contributed by atoms with Gasteiger partial charge in [-0.3, -0.25) is 23.9 Å². The van der Waals surface area contributed by atoms with Crippen molar-refractivity contribution in [3.05, 3.63) is 146 Å². The number of amides is 1. The zero-order valence-corrected chi connectivity index (χ0v) is 34.4. The summed E-state index contributed by atoms with van der Waals surface area (Å²) in [5, 5.41) is 32.1. The molecular formula is C44H37FN8O5S2. The monoisotopic (exact) mass is 840 g/mol. The number of carbonyl (C=O) groups is 2. The van der Waals surface area contributed by atoms with Gasteiger partial charge in [0.05, 0.1) is 33.8 Å². The number of aliphatic imine (C=N–C) groups is 1. The average molecular weight is 841 g/mol. The fourth-order valence-electron chi connectivity index (χ4n) is 7.45. The normalized spacial score (nSPS) is 13.5. The lowest BCUT2D eigenvalue weighted by Gasteiger charge is -2.12. The van der Waals surface area contributed by atoms with Crippen LogP contribution in [0.2, 0.25) is 0 Å². The van der Waals surface area contributed by atoms with Crippen molar-refractivity contribution in [3.8, 4) is 22.2 Å². The first-order valence-electron chi connectivity index (χ1n) is 18.9. The second-order valence-electron chi connectivity index (χ2n) is 14.4. The van der Waals surface area contributed by atoms with Crippen molar-refractivity contribution >= 4 is 55.5 Å². The van der Waals surface area contributed by atoms with E-state index in [1.165, 1.54) is 30.3 Å². The number of rotatable bonds is 11. The summed E-state index contributed by atoms with van der Waals surface area (Å²) in [6.45, 7) is 7.87. The van der Waals surface area contributed by atoms with Gasteiger partial charge < -0.3 is 15.4 Å². The highest BCUT2D eigenvalue weighted by atomic mass is 32.2. The number of anilines is 1. The lowest BCUT2D eigenvalue weighted by molar-refractivity contribution is -0.137. The van der Waals surface area contributed by atoms with Crippen molar-refractivity contribution in [3.63, 3.8) is 0 Å². The third kappa shape index (κ3) is 7.22. The van der Waals surface area contributed by atoms with Crippen LogP contribution in [-0.4, -0.2) is 50.9 Å². The Morgan fingerprint density at radius 3 is 2.42 bits per heavy atom. The number of fused-ring (bicyclic) bond motifs is 4. The van der Waals surface area contributed by atoms with Gasteiger partial charge in [0.15, 0.2) is 5.82 Å². The van der Waals surface area contributed by atoms with Crippen LogP contribution >= 0.6 is 11.3 Å². The predicted molar refractivity (Wildman–Crippen MR) is 227 cm³/mol. The van der Waals surface area contributed by atoms with E-state index in [1.54, 1.807) is 53.9 Å². The predicted octanol–water partition coefficient (Wildman–Crippen LogP) is 8.07. The smallest absolute Gasteiger partial charge is 0.306 e. The van der Waals surface area contributed by atoms with E-state index < -0.39 is 33.8 Å². The molecule has 4 heterocycles. The van der Waals surface area contributed by atoms with Crippen LogP contribution in [0.1, 0.15) is 79.7 Å². The summed E-state index contributed by atoms with van der Waals surface area (Å²) in [6.07, 6.45) is 1.96. The molecule has 1 atom stereocenters. The number of H-pyrrole nitrogens is 1. The number of carbonyl (C=O) groups excluding carboxylic acids is 1. The Labute approximate surface area is 348 Å². The zero-order chi connectivity index (χ0) is 42.5. The Kier molecular flexibility index (Phi) is 10.4. The molecule has 4 N–H and O–H groups in total. The number of nitriles is 1. The van der Waals surface area contributed by atoms with Gasteiger partial charge in [-0.1, -0.05) is 55.5 Å². The molecule has 0 radical (unpaired) electrons. The summed E-state index contributed by atoms with van der Waals surface area (Å²) in [7, 11) is -4.00. The van der Waals surface area contributed by atoms with Crippen LogP contribution in [0.3, 0.4) is 0 Å². The van der Waals surface area contributed by atoms with E-state index >= 15 is 4.39 Å². The van der Waals surface area contributed by atoms with Gasteiger partial charge in [0.2, 0.25) is 0 Å².